The van der Waals surface area contributed by atoms with Crippen molar-refractivity contribution in [3.8, 4) is 0 Å². The number of Topliss-reactive ketones (excluding diaryl/α,β-unsaturated/α-hetero) is 1. The third-order valence-electron chi connectivity index (χ3n) is 4.10. The third-order valence-corrected chi connectivity index (χ3v) is 5.45. The van der Waals surface area contributed by atoms with Gasteiger partial charge in [0.2, 0.25) is 0 Å². The highest BCUT2D eigenvalue weighted by Gasteiger charge is 2.19. The summed E-state index contributed by atoms with van der Waals surface area (Å²) in [6.07, 6.45) is 0.437. The molecule has 0 heterocycles. The first-order chi connectivity index (χ1) is 12.1. The number of rotatable bonds is 6. The van der Waals surface area contributed by atoms with Crippen LogP contribution in [0.25, 0.3) is 0 Å². The Kier molecular flexibility index (Phi) is 5.56. The van der Waals surface area contributed by atoms with Crippen molar-refractivity contribution in [1.29, 1.82) is 0 Å². The predicted molar refractivity (Wildman–Crippen MR) is 106 cm³/mol. The molecule has 0 amide bonds. The molecule has 3 rings (SSSR count). The predicted octanol–water partition coefficient (Wildman–Crippen LogP) is 5.68. The number of hydrogen-bond acceptors (Lipinski definition) is 3. The maximum atomic E-state index is 12.7. The number of carbonyl (C=O) groups is 1. The van der Waals surface area contributed by atoms with Crippen LogP contribution in [0.2, 0.25) is 0 Å². The molecule has 1 atom stereocenters. The molecule has 0 aromatic heterocycles. The van der Waals surface area contributed by atoms with E-state index in [1.807, 2.05) is 54.6 Å². The highest BCUT2D eigenvalue weighted by Crippen LogP contribution is 2.40. The van der Waals surface area contributed by atoms with Crippen LogP contribution in [0.4, 0.5) is 5.69 Å². The van der Waals surface area contributed by atoms with E-state index in [1.165, 1.54) is 5.56 Å². The van der Waals surface area contributed by atoms with Crippen LogP contribution < -0.4 is 5.73 Å². The second kappa shape index (κ2) is 8.04. The Morgan fingerprint density at radius 1 is 0.920 bits per heavy atom. The molecule has 0 fully saturated rings. The Labute approximate surface area is 153 Å². The summed E-state index contributed by atoms with van der Waals surface area (Å²) in [5.74, 6) is 0.146. The number of hydrogen-bond donors (Lipinski definition) is 1. The number of benzene rings is 3. The topological polar surface area (TPSA) is 43.1 Å². The largest absolute Gasteiger partial charge is 0.398 e. The molecule has 2 nitrogen and oxygen atoms in total. The Balaban J connectivity index is 1.87. The molecule has 0 radical (unpaired) electrons. The molecule has 0 saturated heterocycles. The molecular formula is C22H21NOS. The van der Waals surface area contributed by atoms with Crippen molar-refractivity contribution < 1.29 is 4.79 Å². The van der Waals surface area contributed by atoms with E-state index in [1.54, 1.807) is 11.8 Å². The van der Waals surface area contributed by atoms with Gasteiger partial charge in [-0.05, 0) is 24.6 Å². The van der Waals surface area contributed by atoms with Crippen LogP contribution in [0.3, 0.4) is 0 Å². The van der Waals surface area contributed by atoms with E-state index >= 15 is 0 Å². The van der Waals surface area contributed by atoms with Crippen molar-refractivity contribution in [3.63, 3.8) is 0 Å². The molecule has 0 bridgehead atoms. The lowest BCUT2D eigenvalue weighted by Crippen LogP contribution is -2.06. The van der Waals surface area contributed by atoms with Gasteiger partial charge in [0.1, 0.15) is 0 Å². The fourth-order valence-electron chi connectivity index (χ4n) is 2.66. The fourth-order valence-corrected chi connectivity index (χ4v) is 3.86. The van der Waals surface area contributed by atoms with E-state index in [4.69, 9.17) is 5.73 Å². The zero-order valence-corrected chi connectivity index (χ0v) is 15.0. The summed E-state index contributed by atoms with van der Waals surface area (Å²) in [5.41, 5.74) is 9.96. The summed E-state index contributed by atoms with van der Waals surface area (Å²) in [5, 5.41) is 0.0259. The van der Waals surface area contributed by atoms with Crippen LogP contribution in [0.5, 0.6) is 0 Å². The van der Waals surface area contributed by atoms with Gasteiger partial charge >= 0.3 is 0 Å². The Hall–Kier alpha value is -2.52. The smallest absolute Gasteiger partial charge is 0.164 e. The molecule has 0 aliphatic carbocycles. The van der Waals surface area contributed by atoms with E-state index < -0.39 is 0 Å². The average molecular weight is 347 g/mol. The van der Waals surface area contributed by atoms with Gasteiger partial charge in [-0.15, -0.1) is 11.8 Å². The second-order valence-corrected chi connectivity index (χ2v) is 7.29. The highest BCUT2D eigenvalue weighted by molar-refractivity contribution is 7.99. The molecule has 0 unspecified atom stereocenters. The third kappa shape index (κ3) is 4.52. The zero-order valence-electron chi connectivity index (χ0n) is 14.2. The molecule has 126 valence electrons. The van der Waals surface area contributed by atoms with Gasteiger partial charge in [0.05, 0.1) is 0 Å². The fraction of sp³-hybridized carbons (Fsp3) is 0.136. The Morgan fingerprint density at radius 3 is 2.24 bits per heavy atom. The monoisotopic (exact) mass is 347 g/mol. The molecule has 0 aliphatic heterocycles. The van der Waals surface area contributed by atoms with Crippen molar-refractivity contribution in [2.45, 2.75) is 23.5 Å². The number of thioether (sulfide) groups is 1. The lowest BCUT2D eigenvalue weighted by molar-refractivity contribution is 0.0982. The van der Waals surface area contributed by atoms with Gasteiger partial charge in [-0.1, -0.05) is 72.3 Å². The summed E-state index contributed by atoms with van der Waals surface area (Å²) in [6.45, 7) is 2.07. The minimum atomic E-state index is 0.0259. The number of aryl methyl sites for hydroxylation is 1. The summed E-state index contributed by atoms with van der Waals surface area (Å²) in [6, 6.07) is 25.6. The maximum absolute atomic E-state index is 12.7. The van der Waals surface area contributed by atoms with Gasteiger partial charge in [-0.3, -0.25) is 4.79 Å². The van der Waals surface area contributed by atoms with Crippen molar-refractivity contribution in [1.82, 2.24) is 0 Å². The number of nitrogens with two attached hydrogens (primary N) is 1. The number of carbonyl (C=O) groups excluding carboxylic acids is 1. The molecule has 2 N–H and O–H groups in total. The molecule has 0 spiro atoms. The van der Waals surface area contributed by atoms with Crippen LogP contribution in [0.1, 0.15) is 33.2 Å². The minimum absolute atomic E-state index is 0.0259. The molecule has 3 aromatic carbocycles. The van der Waals surface area contributed by atoms with Gasteiger partial charge in [-0.25, -0.2) is 0 Å². The molecule has 0 aliphatic rings. The molecule has 3 heteroatoms. The summed E-state index contributed by atoms with van der Waals surface area (Å²) < 4.78 is 0. The maximum Gasteiger partial charge on any atom is 0.164 e. The van der Waals surface area contributed by atoms with Crippen molar-refractivity contribution in [3.05, 3.63) is 95.6 Å². The Morgan fingerprint density at radius 2 is 1.56 bits per heavy atom. The number of nitrogen functional groups attached to an aromatic ring is 1. The lowest BCUT2D eigenvalue weighted by Gasteiger charge is -2.18. The summed E-state index contributed by atoms with van der Waals surface area (Å²) in [4.78, 5) is 13.7. The highest BCUT2D eigenvalue weighted by atomic mass is 32.2. The van der Waals surface area contributed by atoms with Gasteiger partial charge in [0, 0.05) is 27.8 Å². The van der Waals surface area contributed by atoms with Gasteiger partial charge in [0.25, 0.3) is 0 Å². The first-order valence-corrected chi connectivity index (χ1v) is 9.17. The van der Waals surface area contributed by atoms with Crippen LogP contribution in [0, 0.1) is 6.92 Å². The van der Waals surface area contributed by atoms with Gasteiger partial charge in [0.15, 0.2) is 5.78 Å². The average Bonchev–Trinajstić information content (AvgIpc) is 2.64. The Bertz CT molecular complexity index is 843. The SMILES string of the molecule is Cc1ccc([C@@H](CC(=O)c2ccccc2)Sc2ccccc2N)cc1. The first kappa shape index (κ1) is 17.3. The van der Waals surface area contributed by atoms with Crippen LogP contribution in [-0.4, -0.2) is 5.78 Å². The van der Waals surface area contributed by atoms with E-state index in [0.29, 0.717) is 6.42 Å². The van der Waals surface area contributed by atoms with Crippen molar-refractivity contribution in [2.75, 3.05) is 5.73 Å². The van der Waals surface area contributed by atoms with E-state index in [0.717, 1.165) is 21.7 Å². The summed E-state index contributed by atoms with van der Waals surface area (Å²) >= 11 is 1.65. The quantitative estimate of drug-likeness (QED) is 0.354. The standard InChI is InChI=1S/C22H21NOS/c1-16-11-13-18(14-12-16)22(25-21-10-6-5-9-19(21)23)15-20(24)17-7-3-2-4-8-17/h2-14,22H,15,23H2,1H3/t22-/m1/s1. The number of anilines is 1. The normalized spacial score (nSPS) is 11.9. The van der Waals surface area contributed by atoms with Crippen LogP contribution >= 0.6 is 11.8 Å². The van der Waals surface area contributed by atoms with E-state index in [-0.39, 0.29) is 11.0 Å². The second-order valence-electron chi connectivity index (χ2n) is 6.05. The minimum Gasteiger partial charge on any atom is -0.398 e. The molecule has 25 heavy (non-hydrogen) atoms. The molecule has 3 aromatic rings. The number of para-hydroxylation sites is 1. The molecular weight excluding hydrogens is 326 g/mol. The van der Waals surface area contributed by atoms with Crippen LogP contribution in [0.15, 0.2) is 83.8 Å². The van der Waals surface area contributed by atoms with Gasteiger partial charge in [-0.2, -0.15) is 0 Å². The number of ketones is 1. The molecule has 0 saturated carbocycles. The summed E-state index contributed by atoms with van der Waals surface area (Å²) in [7, 11) is 0. The zero-order chi connectivity index (χ0) is 17.6. The lowest BCUT2D eigenvalue weighted by atomic mass is 10.0. The van der Waals surface area contributed by atoms with Crippen LogP contribution in [-0.2, 0) is 0 Å². The van der Waals surface area contributed by atoms with E-state index in [2.05, 4.69) is 31.2 Å². The van der Waals surface area contributed by atoms with Crippen molar-refractivity contribution >= 4 is 23.2 Å². The van der Waals surface area contributed by atoms with E-state index in [9.17, 15) is 4.79 Å². The van der Waals surface area contributed by atoms with Crippen molar-refractivity contribution in [2.24, 2.45) is 0 Å². The first-order valence-electron chi connectivity index (χ1n) is 8.29. The van der Waals surface area contributed by atoms with Gasteiger partial charge < -0.3 is 5.73 Å².